The van der Waals surface area contributed by atoms with Gasteiger partial charge in [0.15, 0.2) is 0 Å². The van der Waals surface area contributed by atoms with Gasteiger partial charge in [0, 0.05) is 13.2 Å². The molecule has 0 radical (unpaired) electrons. The standard InChI is InChI=1S/C16H34O.K.H3O4P.H/c1-3-5-7-9-11-13-15-17-16-14-12-10-8-6-4-2;;1-5(2,3)4;/h3-16H2,1-2H3;;(H3,1,2,3,4);/q;+1;;-1. The number of rotatable bonds is 14. The molecular weight excluding hydrogens is 342 g/mol. The first-order valence-electron chi connectivity index (χ1n) is 8.77. The summed E-state index contributed by atoms with van der Waals surface area (Å²) in [6.07, 6.45) is 16.3. The summed E-state index contributed by atoms with van der Waals surface area (Å²) in [5, 5.41) is 0. The molecule has 0 atom stereocenters. The fourth-order valence-electron chi connectivity index (χ4n) is 2.07. The second kappa shape index (κ2) is 23.7. The van der Waals surface area contributed by atoms with E-state index in [1.54, 1.807) is 0 Å². The normalized spacial score (nSPS) is 10.7. The third-order valence-electron chi connectivity index (χ3n) is 3.28. The molecule has 0 saturated carbocycles. The van der Waals surface area contributed by atoms with Crippen LogP contribution in [0, 0.1) is 0 Å². The van der Waals surface area contributed by atoms with Crippen LogP contribution in [0.25, 0.3) is 0 Å². The minimum absolute atomic E-state index is 0. The van der Waals surface area contributed by atoms with Crippen LogP contribution in [0.1, 0.15) is 92.3 Å². The molecule has 0 saturated heterocycles. The van der Waals surface area contributed by atoms with Gasteiger partial charge in [0.1, 0.15) is 0 Å². The van der Waals surface area contributed by atoms with Crippen LogP contribution in [-0.4, -0.2) is 27.9 Å². The SMILES string of the molecule is CCCCCCCCOCCCCCCCC.O=P(O)(O)O.[H-].[K+]. The van der Waals surface area contributed by atoms with Gasteiger partial charge in [-0.25, -0.2) is 4.57 Å². The Morgan fingerprint density at radius 1 is 0.696 bits per heavy atom. The Morgan fingerprint density at radius 2 is 0.957 bits per heavy atom. The molecule has 0 spiro atoms. The molecule has 0 aliphatic heterocycles. The maximum atomic E-state index is 8.88. The molecule has 7 heteroatoms. The zero-order valence-corrected chi connectivity index (χ0v) is 19.5. The molecule has 0 aromatic carbocycles. The minimum Gasteiger partial charge on any atom is -1.00 e. The summed E-state index contributed by atoms with van der Waals surface area (Å²) >= 11 is 0. The predicted molar refractivity (Wildman–Crippen MR) is 92.9 cm³/mol. The van der Waals surface area contributed by atoms with E-state index in [4.69, 9.17) is 24.0 Å². The molecule has 0 bridgehead atoms. The molecule has 3 N–H and O–H groups in total. The Kier molecular flexibility index (Phi) is 30.4. The summed E-state index contributed by atoms with van der Waals surface area (Å²) in [4.78, 5) is 21.6. The van der Waals surface area contributed by atoms with Gasteiger partial charge in [-0.1, -0.05) is 78.1 Å². The molecule has 0 unspecified atom stereocenters. The average Bonchev–Trinajstić information content (AvgIpc) is 2.42. The van der Waals surface area contributed by atoms with Crippen molar-refractivity contribution in [2.45, 2.75) is 90.9 Å². The molecule has 0 rings (SSSR count). The van der Waals surface area contributed by atoms with Crippen molar-refractivity contribution in [1.29, 1.82) is 0 Å². The third-order valence-corrected chi connectivity index (χ3v) is 3.28. The molecule has 0 heterocycles. The molecule has 0 amide bonds. The van der Waals surface area contributed by atoms with Gasteiger partial charge in [-0.05, 0) is 12.8 Å². The van der Waals surface area contributed by atoms with Crippen LogP contribution in [0.4, 0.5) is 0 Å². The van der Waals surface area contributed by atoms with Crippen molar-refractivity contribution < 1.29 is 76.8 Å². The van der Waals surface area contributed by atoms with Crippen molar-refractivity contribution in [3.05, 3.63) is 0 Å². The maximum absolute atomic E-state index is 8.88. The van der Waals surface area contributed by atoms with Gasteiger partial charge in [-0.2, -0.15) is 0 Å². The van der Waals surface area contributed by atoms with Gasteiger partial charge in [-0.15, -0.1) is 0 Å². The van der Waals surface area contributed by atoms with E-state index in [0.717, 1.165) is 13.2 Å². The van der Waals surface area contributed by atoms with Gasteiger partial charge >= 0.3 is 59.2 Å². The van der Waals surface area contributed by atoms with E-state index in [1.807, 2.05) is 0 Å². The summed E-state index contributed by atoms with van der Waals surface area (Å²) in [7, 11) is -4.64. The molecule has 0 aliphatic rings. The van der Waals surface area contributed by atoms with E-state index in [-0.39, 0.29) is 52.8 Å². The first-order valence-corrected chi connectivity index (χ1v) is 10.3. The number of hydrogen-bond donors (Lipinski definition) is 3. The van der Waals surface area contributed by atoms with Crippen LogP contribution in [-0.2, 0) is 9.30 Å². The van der Waals surface area contributed by atoms with Crippen LogP contribution in [0.15, 0.2) is 0 Å². The van der Waals surface area contributed by atoms with Crippen molar-refractivity contribution in [3.63, 3.8) is 0 Å². The summed E-state index contributed by atoms with van der Waals surface area (Å²) in [5.74, 6) is 0. The van der Waals surface area contributed by atoms with Crippen molar-refractivity contribution >= 4 is 7.82 Å². The van der Waals surface area contributed by atoms with E-state index < -0.39 is 7.82 Å². The van der Waals surface area contributed by atoms with Gasteiger partial charge in [-0.3, -0.25) is 0 Å². The largest absolute Gasteiger partial charge is 1.00 e. The summed E-state index contributed by atoms with van der Waals surface area (Å²) in [6, 6.07) is 0. The zero-order chi connectivity index (χ0) is 17.1. The zero-order valence-electron chi connectivity index (χ0n) is 16.5. The Hall–Kier alpha value is 1.71. The van der Waals surface area contributed by atoms with Crippen molar-refractivity contribution in [2.24, 2.45) is 0 Å². The van der Waals surface area contributed by atoms with E-state index >= 15 is 0 Å². The average molecular weight is 381 g/mol. The molecule has 138 valence electrons. The van der Waals surface area contributed by atoms with Gasteiger partial charge in [0.2, 0.25) is 0 Å². The number of unbranched alkanes of at least 4 members (excludes halogenated alkanes) is 10. The van der Waals surface area contributed by atoms with Crippen LogP contribution in [0.5, 0.6) is 0 Å². The molecule has 0 aromatic rings. The molecule has 5 nitrogen and oxygen atoms in total. The minimum atomic E-state index is -4.64. The molecule has 0 aliphatic carbocycles. The molecule has 0 fully saturated rings. The van der Waals surface area contributed by atoms with E-state index in [2.05, 4.69) is 13.8 Å². The number of phosphoric acid groups is 1. The number of ether oxygens (including phenoxy) is 1. The monoisotopic (exact) mass is 380 g/mol. The van der Waals surface area contributed by atoms with Gasteiger partial charge in [0.25, 0.3) is 0 Å². The van der Waals surface area contributed by atoms with E-state index in [0.29, 0.717) is 0 Å². The first-order chi connectivity index (χ1) is 10.4. The smallest absolute Gasteiger partial charge is 1.00 e. The maximum Gasteiger partial charge on any atom is 1.00 e. The van der Waals surface area contributed by atoms with Crippen molar-refractivity contribution in [2.75, 3.05) is 13.2 Å². The van der Waals surface area contributed by atoms with Gasteiger partial charge < -0.3 is 20.8 Å². The van der Waals surface area contributed by atoms with E-state index in [9.17, 15) is 0 Å². The quantitative estimate of drug-likeness (QED) is 0.243. The van der Waals surface area contributed by atoms with Crippen LogP contribution in [0.2, 0.25) is 0 Å². The van der Waals surface area contributed by atoms with Crippen LogP contribution < -0.4 is 51.4 Å². The summed E-state index contributed by atoms with van der Waals surface area (Å²) < 4.78 is 14.5. The molecule has 0 aromatic heterocycles. The fourth-order valence-corrected chi connectivity index (χ4v) is 2.07. The van der Waals surface area contributed by atoms with Crippen molar-refractivity contribution in [1.82, 2.24) is 0 Å². The van der Waals surface area contributed by atoms with Crippen molar-refractivity contribution in [3.8, 4) is 0 Å². The molecule has 23 heavy (non-hydrogen) atoms. The fraction of sp³-hybridized carbons (Fsp3) is 1.00. The Balaban J connectivity index is -0.000000250. The molecular formula is C16H38KO5P. The Morgan fingerprint density at radius 3 is 1.26 bits per heavy atom. The third kappa shape index (κ3) is 45.3. The first kappa shape index (κ1) is 29.5. The second-order valence-electron chi connectivity index (χ2n) is 5.66. The Bertz CT molecular complexity index is 232. The summed E-state index contributed by atoms with van der Waals surface area (Å²) in [6.45, 7) is 6.51. The second-order valence-corrected chi connectivity index (χ2v) is 6.69. The Labute approximate surface area is 187 Å². The number of hydrogen-bond acceptors (Lipinski definition) is 2. The van der Waals surface area contributed by atoms with E-state index in [1.165, 1.54) is 77.0 Å². The predicted octanol–water partition coefficient (Wildman–Crippen LogP) is 1.91. The van der Waals surface area contributed by atoms with Gasteiger partial charge in [0.05, 0.1) is 0 Å². The summed E-state index contributed by atoms with van der Waals surface area (Å²) in [5.41, 5.74) is 0. The van der Waals surface area contributed by atoms with Crippen LogP contribution >= 0.6 is 7.82 Å². The topological polar surface area (TPSA) is 87.0 Å². The van der Waals surface area contributed by atoms with Crippen LogP contribution in [0.3, 0.4) is 0 Å².